The van der Waals surface area contributed by atoms with Gasteiger partial charge in [-0.25, -0.2) is 0 Å². The zero-order valence-corrected chi connectivity index (χ0v) is 7.61. The molecule has 0 radical (unpaired) electrons. The van der Waals surface area contributed by atoms with Crippen LogP contribution in [0.5, 0.6) is 0 Å². The number of benzene rings is 1. The number of hydrogen-bond acceptors (Lipinski definition) is 4. The number of aliphatic hydroxyl groups excluding tert-OH is 3. The number of aliphatic hydroxyl groups is 3. The topological polar surface area (TPSA) is 73.0 Å². The average molecular weight is 195 g/mol. The van der Waals surface area contributed by atoms with Crippen LogP contribution in [0.4, 0.5) is 5.69 Å². The van der Waals surface area contributed by atoms with E-state index in [1.165, 1.54) is 6.21 Å². The standard InChI is InChI=1S/C10H13NO3/c12-7-10(14)9(13)6-11-8-4-2-1-3-5-8/h1-6,9-10,12-14H,7H2/t9-,10+/m1/s1. The summed E-state index contributed by atoms with van der Waals surface area (Å²) in [6, 6.07) is 9.05. The first-order valence-corrected chi connectivity index (χ1v) is 4.30. The van der Waals surface area contributed by atoms with Gasteiger partial charge >= 0.3 is 0 Å². The molecule has 3 N–H and O–H groups in total. The van der Waals surface area contributed by atoms with Gasteiger partial charge in [0.15, 0.2) is 0 Å². The van der Waals surface area contributed by atoms with Crippen LogP contribution >= 0.6 is 0 Å². The fourth-order valence-corrected chi connectivity index (χ4v) is 0.884. The predicted molar refractivity (Wildman–Crippen MR) is 53.7 cm³/mol. The molecular formula is C10H13NO3. The third-order valence-electron chi connectivity index (χ3n) is 1.71. The van der Waals surface area contributed by atoms with Crippen LogP contribution < -0.4 is 0 Å². The van der Waals surface area contributed by atoms with E-state index >= 15 is 0 Å². The second-order valence-corrected chi connectivity index (χ2v) is 2.85. The van der Waals surface area contributed by atoms with Crippen LogP contribution in [0.25, 0.3) is 0 Å². The molecule has 4 nitrogen and oxygen atoms in total. The molecular weight excluding hydrogens is 182 g/mol. The van der Waals surface area contributed by atoms with Crippen LogP contribution in [0.2, 0.25) is 0 Å². The molecule has 0 heterocycles. The van der Waals surface area contributed by atoms with E-state index in [1.54, 1.807) is 12.1 Å². The quantitative estimate of drug-likeness (QED) is 0.597. The SMILES string of the molecule is OC[C@H](O)[C@H](O)C=Nc1ccccc1. The summed E-state index contributed by atoms with van der Waals surface area (Å²) < 4.78 is 0. The maximum absolute atomic E-state index is 9.22. The Labute approximate surface area is 82.2 Å². The van der Waals surface area contributed by atoms with Crippen molar-refractivity contribution < 1.29 is 15.3 Å². The molecule has 0 amide bonds. The van der Waals surface area contributed by atoms with Gasteiger partial charge in [-0.3, -0.25) is 4.99 Å². The Morgan fingerprint density at radius 3 is 2.43 bits per heavy atom. The molecule has 0 saturated heterocycles. The summed E-state index contributed by atoms with van der Waals surface area (Å²) in [6.45, 7) is -0.484. The molecule has 1 aromatic rings. The van der Waals surface area contributed by atoms with Gasteiger partial charge in [0, 0.05) is 6.21 Å². The highest BCUT2D eigenvalue weighted by molar-refractivity contribution is 5.68. The molecule has 0 aromatic heterocycles. The molecule has 0 aliphatic rings. The van der Waals surface area contributed by atoms with E-state index in [0.717, 1.165) is 0 Å². The van der Waals surface area contributed by atoms with Gasteiger partial charge in [0.1, 0.15) is 12.2 Å². The largest absolute Gasteiger partial charge is 0.394 e. The Kier molecular flexibility index (Phi) is 4.25. The lowest BCUT2D eigenvalue weighted by Crippen LogP contribution is -2.30. The van der Waals surface area contributed by atoms with Crippen molar-refractivity contribution in [2.75, 3.05) is 6.61 Å². The molecule has 1 rings (SSSR count). The first-order valence-electron chi connectivity index (χ1n) is 4.30. The zero-order chi connectivity index (χ0) is 10.4. The molecule has 0 aliphatic carbocycles. The minimum absolute atomic E-state index is 0.484. The molecule has 0 bridgehead atoms. The van der Waals surface area contributed by atoms with Gasteiger partial charge in [-0.15, -0.1) is 0 Å². The lowest BCUT2D eigenvalue weighted by Gasteiger charge is -2.09. The predicted octanol–water partition coefficient (Wildman–Crippen LogP) is 0.103. The summed E-state index contributed by atoms with van der Waals surface area (Å²) in [7, 11) is 0. The minimum atomic E-state index is -1.18. The summed E-state index contributed by atoms with van der Waals surface area (Å²) in [6.07, 6.45) is -1.11. The van der Waals surface area contributed by atoms with E-state index in [0.29, 0.717) is 5.69 Å². The van der Waals surface area contributed by atoms with E-state index < -0.39 is 18.8 Å². The first kappa shape index (κ1) is 10.8. The van der Waals surface area contributed by atoms with E-state index in [2.05, 4.69) is 4.99 Å². The number of hydrogen-bond donors (Lipinski definition) is 3. The number of aliphatic imine (C=N–C) groups is 1. The molecule has 1 aromatic carbocycles. The van der Waals surface area contributed by atoms with Gasteiger partial charge in [-0.1, -0.05) is 18.2 Å². The second-order valence-electron chi connectivity index (χ2n) is 2.85. The van der Waals surface area contributed by atoms with E-state index in [4.69, 9.17) is 10.2 Å². The van der Waals surface area contributed by atoms with Crippen molar-refractivity contribution in [2.24, 2.45) is 4.99 Å². The maximum atomic E-state index is 9.22. The molecule has 2 atom stereocenters. The summed E-state index contributed by atoms with van der Waals surface area (Å²) >= 11 is 0. The van der Waals surface area contributed by atoms with Crippen LogP contribution in [-0.4, -0.2) is 40.3 Å². The Hall–Kier alpha value is -1.23. The summed E-state index contributed by atoms with van der Waals surface area (Å²) in [5.74, 6) is 0. The van der Waals surface area contributed by atoms with Crippen molar-refractivity contribution in [3.63, 3.8) is 0 Å². The Balaban J connectivity index is 2.56. The van der Waals surface area contributed by atoms with Crippen LogP contribution in [0.3, 0.4) is 0 Å². The van der Waals surface area contributed by atoms with Gasteiger partial charge in [0.2, 0.25) is 0 Å². The highest BCUT2D eigenvalue weighted by Crippen LogP contribution is 2.08. The average Bonchev–Trinajstić information content (AvgIpc) is 2.26. The third-order valence-corrected chi connectivity index (χ3v) is 1.71. The smallest absolute Gasteiger partial charge is 0.117 e. The Bertz CT molecular complexity index is 287. The van der Waals surface area contributed by atoms with Crippen LogP contribution in [0.1, 0.15) is 0 Å². The third kappa shape index (κ3) is 3.26. The van der Waals surface area contributed by atoms with Gasteiger partial charge in [0.25, 0.3) is 0 Å². The fraction of sp³-hybridized carbons (Fsp3) is 0.300. The van der Waals surface area contributed by atoms with Crippen LogP contribution in [0, 0.1) is 0 Å². The molecule has 0 fully saturated rings. The molecule has 0 spiro atoms. The maximum Gasteiger partial charge on any atom is 0.117 e. The van der Waals surface area contributed by atoms with Crippen LogP contribution in [-0.2, 0) is 0 Å². The number of nitrogens with zero attached hydrogens (tertiary/aromatic N) is 1. The van der Waals surface area contributed by atoms with Gasteiger partial charge in [-0.05, 0) is 12.1 Å². The normalized spacial score (nSPS) is 15.6. The monoisotopic (exact) mass is 195 g/mol. The van der Waals surface area contributed by atoms with E-state index in [1.807, 2.05) is 18.2 Å². The molecule has 14 heavy (non-hydrogen) atoms. The Morgan fingerprint density at radius 2 is 1.86 bits per heavy atom. The van der Waals surface area contributed by atoms with Gasteiger partial charge in [0.05, 0.1) is 12.3 Å². The van der Waals surface area contributed by atoms with Crippen molar-refractivity contribution in [3.8, 4) is 0 Å². The minimum Gasteiger partial charge on any atom is -0.394 e. The molecule has 0 saturated carbocycles. The van der Waals surface area contributed by atoms with Crippen molar-refractivity contribution in [2.45, 2.75) is 12.2 Å². The summed E-state index contributed by atoms with van der Waals surface area (Å²) in [5, 5.41) is 26.8. The molecule has 76 valence electrons. The van der Waals surface area contributed by atoms with Crippen LogP contribution in [0.15, 0.2) is 35.3 Å². The molecule has 0 aliphatic heterocycles. The zero-order valence-electron chi connectivity index (χ0n) is 7.61. The second kappa shape index (κ2) is 5.49. The van der Waals surface area contributed by atoms with Crippen molar-refractivity contribution in [1.29, 1.82) is 0 Å². The highest BCUT2D eigenvalue weighted by Gasteiger charge is 2.11. The molecule has 4 heteroatoms. The fourth-order valence-electron chi connectivity index (χ4n) is 0.884. The lowest BCUT2D eigenvalue weighted by molar-refractivity contribution is 0.0205. The van der Waals surface area contributed by atoms with E-state index in [-0.39, 0.29) is 0 Å². The number of rotatable bonds is 4. The number of para-hydroxylation sites is 1. The van der Waals surface area contributed by atoms with Crippen molar-refractivity contribution in [3.05, 3.63) is 30.3 Å². The molecule has 0 unspecified atom stereocenters. The van der Waals surface area contributed by atoms with Gasteiger partial charge in [-0.2, -0.15) is 0 Å². The first-order chi connectivity index (χ1) is 6.74. The summed E-state index contributed by atoms with van der Waals surface area (Å²) in [5.41, 5.74) is 0.691. The van der Waals surface area contributed by atoms with E-state index in [9.17, 15) is 5.11 Å². The highest BCUT2D eigenvalue weighted by atomic mass is 16.4. The summed E-state index contributed by atoms with van der Waals surface area (Å²) in [4.78, 5) is 3.93. The van der Waals surface area contributed by atoms with Crippen molar-refractivity contribution >= 4 is 11.9 Å². The van der Waals surface area contributed by atoms with Gasteiger partial charge < -0.3 is 15.3 Å². The van der Waals surface area contributed by atoms with Crippen molar-refractivity contribution in [1.82, 2.24) is 0 Å². The lowest BCUT2D eigenvalue weighted by atomic mass is 10.2. The Morgan fingerprint density at radius 1 is 1.21 bits per heavy atom.